The highest BCUT2D eigenvalue weighted by atomic mass is 16.5. The number of piperidine rings is 1. The first-order chi connectivity index (χ1) is 13.8. The summed E-state index contributed by atoms with van der Waals surface area (Å²) in [5.74, 6) is -0.578. The zero-order valence-corrected chi connectivity index (χ0v) is 18.4. The molecule has 3 unspecified atom stereocenters. The molecule has 1 aliphatic carbocycles. The van der Waals surface area contributed by atoms with E-state index in [1.165, 1.54) is 26.4 Å². The van der Waals surface area contributed by atoms with Crippen molar-refractivity contribution in [2.45, 2.75) is 90.3 Å². The Morgan fingerprint density at radius 1 is 1.00 bits per heavy atom. The summed E-state index contributed by atoms with van der Waals surface area (Å²) in [6.07, 6.45) is 7.87. The molecule has 1 aliphatic heterocycles. The van der Waals surface area contributed by atoms with Crippen LogP contribution in [0.5, 0.6) is 0 Å². The van der Waals surface area contributed by atoms with Crippen LogP contribution >= 0.6 is 0 Å². The summed E-state index contributed by atoms with van der Waals surface area (Å²) in [7, 11) is 1.34. The van der Waals surface area contributed by atoms with Gasteiger partial charge in [0.15, 0.2) is 0 Å². The number of nitrogens with one attached hydrogen (secondary N) is 1. The number of likely N-dealkylation sites (tertiary alicyclic amines) is 1. The molecule has 7 heteroatoms. The molecule has 1 saturated heterocycles. The fraction of sp³-hybridized carbons (Fsp3) is 0.864. The predicted octanol–water partition coefficient (Wildman–Crippen LogP) is 2.67. The number of carbonyl (C=O) groups excluding carboxylic acids is 3. The van der Waals surface area contributed by atoms with Gasteiger partial charge in [0.25, 0.3) is 0 Å². The minimum atomic E-state index is -0.807. The monoisotopic (exact) mass is 410 g/mol. The van der Waals surface area contributed by atoms with Crippen molar-refractivity contribution in [1.29, 1.82) is 0 Å². The van der Waals surface area contributed by atoms with Crippen LogP contribution < -0.4 is 5.32 Å². The van der Waals surface area contributed by atoms with Gasteiger partial charge < -0.3 is 19.7 Å². The predicted molar refractivity (Wildman–Crippen MR) is 110 cm³/mol. The first-order valence-electron chi connectivity index (χ1n) is 11.2. The summed E-state index contributed by atoms with van der Waals surface area (Å²) in [6, 6.07) is -1.40. The highest BCUT2D eigenvalue weighted by Crippen LogP contribution is 2.25. The number of amides is 2. The molecule has 0 aromatic carbocycles. The lowest BCUT2D eigenvalue weighted by atomic mass is 9.90. The van der Waals surface area contributed by atoms with Crippen LogP contribution in [0.4, 0.5) is 0 Å². The molecule has 0 radical (unpaired) electrons. The zero-order chi connectivity index (χ0) is 21.4. The van der Waals surface area contributed by atoms with Crippen molar-refractivity contribution in [3.05, 3.63) is 0 Å². The van der Waals surface area contributed by atoms with Gasteiger partial charge in [-0.15, -0.1) is 0 Å². The fourth-order valence-corrected chi connectivity index (χ4v) is 4.19. The number of esters is 1. The van der Waals surface area contributed by atoms with Gasteiger partial charge in [-0.3, -0.25) is 9.59 Å². The van der Waals surface area contributed by atoms with Crippen molar-refractivity contribution in [2.24, 2.45) is 11.8 Å². The summed E-state index contributed by atoms with van der Waals surface area (Å²) in [4.78, 5) is 39.6. The van der Waals surface area contributed by atoms with E-state index in [0.717, 1.165) is 25.7 Å². The minimum Gasteiger partial charge on any atom is -0.467 e. The Hall–Kier alpha value is -1.63. The highest BCUT2D eigenvalue weighted by molar-refractivity contribution is 5.91. The molecule has 2 aliphatic rings. The van der Waals surface area contributed by atoms with Gasteiger partial charge in [0.05, 0.1) is 13.2 Å². The second-order valence-electron chi connectivity index (χ2n) is 8.75. The molecule has 2 rings (SSSR count). The maximum absolute atomic E-state index is 13.4. The van der Waals surface area contributed by atoms with Crippen molar-refractivity contribution < 1.29 is 23.9 Å². The van der Waals surface area contributed by atoms with Gasteiger partial charge >= 0.3 is 5.97 Å². The van der Waals surface area contributed by atoms with Crippen LogP contribution in [-0.2, 0) is 23.9 Å². The lowest BCUT2D eigenvalue weighted by Gasteiger charge is -2.38. The van der Waals surface area contributed by atoms with Gasteiger partial charge in [0.1, 0.15) is 12.1 Å². The Labute approximate surface area is 174 Å². The summed E-state index contributed by atoms with van der Waals surface area (Å²) in [5.41, 5.74) is 0. The van der Waals surface area contributed by atoms with Crippen LogP contribution in [-0.4, -0.2) is 61.1 Å². The molecule has 0 spiro atoms. The molecule has 7 nitrogen and oxygen atoms in total. The third-order valence-electron chi connectivity index (χ3n) is 6.14. The van der Waals surface area contributed by atoms with E-state index in [1.54, 1.807) is 18.7 Å². The largest absolute Gasteiger partial charge is 0.467 e. The van der Waals surface area contributed by atoms with E-state index in [2.05, 4.69) is 5.32 Å². The first kappa shape index (κ1) is 23.6. The Morgan fingerprint density at radius 3 is 2.28 bits per heavy atom. The Morgan fingerprint density at radius 2 is 1.66 bits per heavy atom. The van der Waals surface area contributed by atoms with Gasteiger partial charge in [-0.05, 0) is 44.9 Å². The van der Waals surface area contributed by atoms with E-state index in [1.807, 2.05) is 6.92 Å². The minimum absolute atomic E-state index is 0.192. The van der Waals surface area contributed by atoms with Crippen LogP contribution in [0.1, 0.15) is 72.1 Å². The molecular weight excluding hydrogens is 372 g/mol. The molecule has 2 amide bonds. The van der Waals surface area contributed by atoms with Crippen molar-refractivity contribution >= 4 is 17.8 Å². The summed E-state index contributed by atoms with van der Waals surface area (Å²) >= 11 is 0. The van der Waals surface area contributed by atoms with Gasteiger partial charge in [0, 0.05) is 19.1 Å². The van der Waals surface area contributed by atoms with E-state index in [4.69, 9.17) is 9.47 Å². The van der Waals surface area contributed by atoms with Gasteiger partial charge in [-0.25, -0.2) is 4.79 Å². The average molecular weight is 411 g/mol. The molecule has 166 valence electrons. The van der Waals surface area contributed by atoms with E-state index in [9.17, 15) is 14.4 Å². The van der Waals surface area contributed by atoms with Crippen molar-refractivity contribution in [2.75, 3.05) is 20.3 Å². The lowest BCUT2D eigenvalue weighted by molar-refractivity contribution is -0.157. The molecule has 1 saturated carbocycles. The molecule has 1 N–H and O–H groups in total. The molecule has 2 fully saturated rings. The standard InChI is InChI=1S/C22H38N2O5/c1-15(2)20(25)23-19(16(3)29-14-17-10-6-5-7-11-17)21(26)24-13-9-8-12-18(24)22(27)28-4/h15-19H,5-14H2,1-4H3,(H,23,25). The van der Waals surface area contributed by atoms with E-state index < -0.39 is 24.2 Å². The highest BCUT2D eigenvalue weighted by Gasteiger charge is 2.39. The van der Waals surface area contributed by atoms with Gasteiger partial charge in [0.2, 0.25) is 11.8 Å². The Bertz CT molecular complexity index is 559. The molecular formula is C22H38N2O5. The number of rotatable bonds is 8. The van der Waals surface area contributed by atoms with Crippen LogP contribution in [0.15, 0.2) is 0 Å². The number of methoxy groups -OCH3 is 1. The van der Waals surface area contributed by atoms with E-state index in [-0.39, 0.29) is 17.7 Å². The maximum atomic E-state index is 13.4. The van der Waals surface area contributed by atoms with Crippen LogP contribution in [0.25, 0.3) is 0 Å². The van der Waals surface area contributed by atoms with Gasteiger partial charge in [-0.1, -0.05) is 33.1 Å². The smallest absolute Gasteiger partial charge is 0.328 e. The van der Waals surface area contributed by atoms with Crippen LogP contribution in [0.3, 0.4) is 0 Å². The maximum Gasteiger partial charge on any atom is 0.328 e. The number of carbonyl (C=O) groups is 3. The molecule has 1 heterocycles. The normalized spacial score (nSPS) is 22.8. The zero-order valence-electron chi connectivity index (χ0n) is 18.4. The Kier molecular flexibility index (Phi) is 9.40. The SMILES string of the molecule is COC(=O)C1CCCCN1C(=O)C(NC(=O)C(C)C)C(C)OCC1CCCCC1. The number of hydrogen-bond acceptors (Lipinski definition) is 5. The number of hydrogen-bond donors (Lipinski definition) is 1. The van der Waals surface area contributed by atoms with E-state index >= 15 is 0 Å². The van der Waals surface area contributed by atoms with E-state index in [0.29, 0.717) is 25.5 Å². The van der Waals surface area contributed by atoms with Gasteiger partial charge in [-0.2, -0.15) is 0 Å². The summed E-state index contributed by atoms with van der Waals surface area (Å²) < 4.78 is 11.0. The lowest BCUT2D eigenvalue weighted by Crippen LogP contribution is -2.59. The molecule has 0 aromatic heterocycles. The summed E-state index contributed by atoms with van der Waals surface area (Å²) in [5, 5.41) is 2.87. The Balaban J connectivity index is 2.10. The van der Waals surface area contributed by atoms with Crippen molar-refractivity contribution in [3.63, 3.8) is 0 Å². The second kappa shape index (κ2) is 11.5. The van der Waals surface area contributed by atoms with Crippen LogP contribution in [0, 0.1) is 11.8 Å². The topological polar surface area (TPSA) is 84.9 Å². The molecule has 29 heavy (non-hydrogen) atoms. The molecule has 3 atom stereocenters. The second-order valence-corrected chi connectivity index (χ2v) is 8.75. The number of nitrogens with zero attached hydrogens (tertiary/aromatic N) is 1. The molecule has 0 aromatic rings. The van der Waals surface area contributed by atoms with Crippen molar-refractivity contribution in [1.82, 2.24) is 10.2 Å². The third-order valence-corrected chi connectivity index (χ3v) is 6.14. The molecule has 0 bridgehead atoms. The first-order valence-corrected chi connectivity index (χ1v) is 11.2. The van der Waals surface area contributed by atoms with Crippen molar-refractivity contribution in [3.8, 4) is 0 Å². The average Bonchev–Trinajstić information content (AvgIpc) is 2.75. The third kappa shape index (κ3) is 6.69. The fourth-order valence-electron chi connectivity index (χ4n) is 4.19. The van der Waals surface area contributed by atoms with Crippen LogP contribution in [0.2, 0.25) is 0 Å². The number of ether oxygens (including phenoxy) is 2. The quantitative estimate of drug-likeness (QED) is 0.622. The summed E-state index contributed by atoms with van der Waals surface area (Å²) in [6.45, 7) is 6.51.